The van der Waals surface area contributed by atoms with Crippen LogP contribution in [0.2, 0.25) is 0 Å². The number of rotatable bonds is 2. The predicted molar refractivity (Wildman–Crippen MR) is 60.2 cm³/mol. The molecule has 1 saturated heterocycles. The zero-order valence-corrected chi connectivity index (χ0v) is 9.26. The van der Waals surface area contributed by atoms with E-state index in [0.717, 1.165) is 11.4 Å². The van der Waals surface area contributed by atoms with Gasteiger partial charge in [0.2, 0.25) is 5.95 Å². The van der Waals surface area contributed by atoms with Gasteiger partial charge < -0.3 is 20.5 Å². The summed E-state index contributed by atoms with van der Waals surface area (Å²) in [5, 5.41) is 9.29. The van der Waals surface area contributed by atoms with Crippen LogP contribution < -0.4 is 10.6 Å². The van der Waals surface area contributed by atoms with E-state index in [9.17, 15) is 5.11 Å². The molecule has 0 amide bonds. The molecule has 2 rings (SSSR count). The molecular weight excluding hydrogens is 208 g/mol. The smallest absolute Gasteiger partial charge is 0.221 e. The van der Waals surface area contributed by atoms with Crippen LogP contribution in [0, 0.1) is 6.92 Å². The second kappa shape index (κ2) is 4.63. The van der Waals surface area contributed by atoms with Crippen molar-refractivity contribution >= 4 is 11.8 Å². The van der Waals surface area contributed by atoms with Gasteiger partial charge in [0.1, 0.15) is 5.82 Å². The Morgan fingerprint density at radius 1 is 1.69 bits per heavy atom. The summed E-state index contributed by atoms with van der Waals surface area (Å²) in [4.78, 5) is 10.2. The SMILES string of the molecule is Cc1cnc(N)nc1N1CCOCC1CO. The molecule has 1 aliphatic rings. The Bertz CT molecular complexity index is 372. The Morgan fingerprint density at radius 2 is 2.50 bits per heavy atom. The average molecular weight is 224 g/mol. The number of hydrogen-bond acceptors (Lipinski definition) is 6. The van der Waals surface area contributed by atoms with E-state index in [4.69, 9.17) is 10.5 Å². The van der Waals surface area contributed by atoms with Crippen molar-refractivity contribution in [2.45, 2.75) is 13.0 Å². The molecule has 16 heavy (non-hydrogen) atoms. The first-order valence-electron chi connectivity index (χ1n) is 5.26. The maximum atomic E-state index is 9.29. The summed E-state index contributed by atoms with van der Waals surface area (Å²) in [5.41, 5.74) is 6.53. The highest BCUT2D eigenvalue weighted by atomic mass is 16.5. The molecule has 1 fully saturated rings. The quantitative estimate of drug-likeness (QED) is 0.708. The van der Waals surface area contributed by atoms with E-state index in [-0.39, 0.29) is 18.6 Å². The van der Waals surface area contributed by atoms with E-state index < -0.39 is 0 Å². The van der Waals surface area contributed by atoms with Gasteiger partial charge in [-0.2, -0.15) is 4.98 Å². The largest absolute Gasteiger partial charge is 0.394 e. The molecule has 1 atom stereocenters. The standard InChI is InChI=1S/C10H16N4O2/c1-7-4-12-10(11)13-9(7)14-2-3-16-6-8(14)5-15/h4,8,15H,2-3,5-6H2,1H3,(H2,11,12,13). The Morgan fingerprint density at radius 3 is 3.25 bits per heavy atom. The van der Waals surface area contributed by atoms with E-state index in [1.165, 1.54) is 0 Å². The van der Waals surface area contributed by atoms with Crippen molar-refractivity contribution in [3.8, 4) is 0 Å². The number of morpholine rings is 1. The van der Waals surface area contributed by atoms with Crippen molar-refractivity contribution in [1.82, 2.24) is 9.97 Å². The molecule has 1 aromatic heterocycles. The highest BCUT2D eigenvalue weighted by molar-refractivity contribution is 5.49. The Kier molecular flexibility index (Phi) is 3.21. The topological polar surface area (TPSA) is 84.5 Å². The van der Waals surface area contributed by atoms with E-state index in [0.29, 0.717) is 19.8 Å². The molecule has 0 saturated carbocycles. The molecule has 88 valence electrons. The lowest BCUT2D eigenvalue weighted by molar-refractivity contribution is 0.0722. The number of aryl methyl sites for hydroxylation is 1. The Labute approximate surface area is 94.1 Å². The van der Waals surface area contributed by atoms with Crippen molar-refractivity contribution < 1.29 is 9.84 Å². The molecule has 0 aliphatic carbocycles. The minimum absolute atomic E-state index is 0.0450. The van der Waals surface area contributed by atoms with Crippen LogP contribution >= 0.6 is 0 Å². The predicted octanol–water partition coefficient (Wildman–Crippen LogP) is -0.435. The number of anilines is 2. The summed E-state index contributed by atoms with van der Waals surface area (Å²) in [6.07, 6.45) is 1.70. The highest BCUT2D eigenvalue weighted by Gasteiger charge is 2.24. The lowest BCUT2D eigenvalue weighted by Crippen LogP contribution is -2.48. The molecule has 0 bridgehead atoms. The molecule has 6 heteroatoms. The summed E-state index contributed by atoms with van der Waals surface area (Å²) in [6.45, 7) is 3.84. The van der Waals surface area contributed by atoms with Crippen LogP contribution in [0.4, 0.5) is 11.8 Å². The molecule has 0 radical (unpaired) electrons. The van der Waals surface area contributed by atoms with Gasteiger partial charge in [0.25, 0.3) is 0 Å². The molecule has 0 spiro atoms. The first-order chi connectivity index (χ1) is 7.72. The fourth-order valence-corrected chi connectivity index (χ4v) is 1.82. The number of aromatic nitrogens is 2. The summed E-state index contributed by atoms with van der Waals surface area (Å²) < 4.78 is 5.32. The average Bonchev–Trinajstić information content (AvgIpc) is 2.32. The number of hydrogen-bond donors (Lipinski definition) is 2. The van der Waals surface area contributed by atoms with E-state index >= 15 is 0 Å². The summed E-state index contributed by atoms with van der Waals surface area (Å²) in [7, 11) is 0. The van der Waals surface area contributed by atoms with Crippen molar-refractivity contribution in [1.29, 1.82) is 0 Å². The third kappa shape index (κ3) is 2.07. The van der Waals surface area contributed by atoms with Gasteiger partial charge in [0, 0.05) is 18.3 Å². The van der Waals surface area contributed by atoms with E-state index in [1.54, 1.807) is 6.20 Å². The number of aliphatic hydroxyl groups excluding tert-OH is 1. The second-order valence-electron chi connectivity index (χ2n) is 3.84. The summed E-state index contributed by atoms with van der Waals surface area (Å²) >= 11 is 0. The van der Waals surface area contributed by atoms with Gasteiger partial charge >= 0.3 is 0 Å². The second-order valence-corrected chi connectivity index (χ2v) is 3.84. The minimum Gasteiger partial charge on any atom is -0.394 e. The third-order valence-electron chi connectivity index (χ3n) is 2.67. The molecule has 1 unspecified atom stereocenters. The lowest BCUT2D eigenvalue weighted by atomic mass is 10.2. The summed E-state index contributed by atoms with van der Waals surface area (Å²) in [5.74, 6) is 1.04. The van der Waals surface area contributed by atoms with Crippen molar-refractivity contribution in [2.75, 3.05) is 37.0 Å². The summed E-state index contributed by atoms with van der Waals surface area (Å²) in [6, 6.07) is -0.0539. The zero-order chi connectivity index (χ0) is 11.5. The maximum Gasteiger partial charge on any atom is 0.221 e. The van der Waals surface area contributed by atoms with Gasteiger partial charge in [0.05, 0.1) is 25.9 Å². The van der Waals surface area contributed by atoms with Crippen molar-refractivity contribution in [2.24, 2.45) is 0 Å². The molecule has 2 heterocycles. The minimum atomic E-state index is -0.0539. The first-order valence-corrected chi connectivity index (χ1v) is 5.26. The number of nitrogens with two attached hydrogens (primary N) is 1. The number of aliphatic hydroxyl groups is 1. The van der Waals surface area contributed by atoms with Crippen LogP contribution in [0.1, 0.15) is 5.56 Å². The van der Waals surface area contributed by atoms with Crippen molar-refractivity contribution in [3.63, 3.8) is 0 Å². The van der Waals surface area contributed by atoms with Gasteiger partial charge in [-0.1, -0.05) is 0 Å². The van der Waals surface area contributed by atoms with Gasteiger partial charge in [0.15, 0.2) is 0 Å². The Balaban J connectivity index is 2.30. The fourth-order valence-electron chi connectivity index (χ4n) is 1.82. The fraction of sp³-hybridized carbons (Fsp3) is 0.600. The van der Waals surface area contributed by atoms with Crippen LogP contribution in [-0.2, 0) is 4.74 Å². The molecule has 1 aliphatic heterocycles. The van der Waals surface area contributed by atoms with Gasteiger partial charge in [-0.25, -0.2) is 4.98 Å². The van der Waals surface area contributed by atoms with Crippen molar-refractivity contribution in [3.05, 3.63) is 11.8 Å². The third-order valence-corrected chi connectivity index (χ3v) is 2.67. The van der Waals surface area contributed by atoms with Crippen LogP contribution in [0.25, 0.3) is 0 Å². The van der Waals surface area contributed by atoms with Crippen LogP contribution in [0.3, 0.4) is 0 Å². The molecule has 0 aromatic carbocycles. The van der Waals surface area contributed by atoms with Crippen LogP contribution in [0.15, 0.2) is 6.20 Å². The first kappa shape index (κ1) is 11.1. The maximum absolute atomic E-state index is 9.29. The monoisotopic (exact) mass is 224 g/mol. The lowest BCUT2D eigenvalue weighted by Gasteiger charge is -2.36. The van der Waals surface area contributed by atoms with Gasteiger partial charge in [-0.15, -0.1) is 0 Å². The normalized spacial score (nSPS) is 21.1. The molecule has 3 N–H and O–H groups in total. The van der Waals surface area contributed by atoms with E-state index in [2.05, 4.69) is 9.97 Å². The van der Waals surface area contributed by atoms with Crippen LogP contribution in [-0.4, -0.2) is 47.5 Å². The molecular formula is C10H16N4O2. The Hall–Kier alpha value is -1.40. The zero-order valence-electron chi connectivity index (χ0n) is 9.26. The number of nitrogen functional groups attached to an aromatic ring is 1. The highest BCUT2D eigenvalue weighted by Crippen LogP contribution is 2.21. The molecule has 1 aromatic rings. The number of ether oxygens (including phenoxy) is 1. The molecule has 6 nitrogen and oxygen atoms in total. The van der Waals surface area contributed by atoms with Gasteiger partial charge in [-0.3, -0.25) is 0 Å². The van der Waals surface area contributed by atoms with E-state index in [1.807, 2.05) is 11.8 Å². The van der Waals surface area contributed by atoms with Crippen LogP contribution in [0.5, 0.6) is 0 Å². The number of nitrogens with zero attached hydrogens (tertiary/aromatic N) is 3. The van der Waals surface area contributed by atoms with Gasteiger partial charge in [-0.05, 0) is 6.92 Å².